The first-order valence-corrected chi connectivity index (χ1v) is 7.81. The largest absolute Gasteiger partial charge is 0.544 e. The van der Waals surface area contributed by atoms with Crippen molar-refractivity contribution >= 4 is 19.9 Å². The van der Waals surface area contributed by atoms with Gasteiger partial charge in [0.15, 0.2) is 0 Å². The third-order valence-corrected chi connectivity index (χ3v) is 2.47. The summed E-state index contributed by atoms with van der Waals surface area (Å²) in [5, 5.41) is 0.128. The van der Waals surface area contributed by atoms with Crippen LogP contribution in [0.2, 0.25) is 24.7 Å². The van der Waals surface area contributed by atoms with Gasteiger partial charge in [0, 0.05) is 6.07 Å². The smallest absolute Gasteiger partial charge is 0.242 e. The van der Waals surface area contributed by atoms with Gasteiger partial charge in [0.1, 0.15) is 11.6 Å². The molecule has 13 heavy (non-hydrogen) atoms. The minimum absolute atomic E-state index is 0.128. The molecule has 0 radical (unpaired) electrons. The van der Waals surface area contributed by atoms with Crippen LogP contribution in [0.25, 0.3) is 0 Å². The van der Waals surface area contributed by atoms with Gasteiger partial charge in [0.05, 0.1) is 5.02 Å². The van der Waals surface area contributed by atoms with Crippen LogP contribution in [0.1, 0.15) is 0 Å². The quantitative estimate of drug-likeness (QED) is 0.688. The summed E-state index contributed by atoms with van der Waals surface area (Å²) in [6.07, 6.45) is 0. The molecule has 1 aromatic rings. The SMILES string of the molecule is C[Si](C)(C)Oc1ccc(Cl)c(F)c1. The fourth-order valence-electron chi connectivity index (χ4n) is 0.894. The number of rotatable bonds is 2. The lowest BCUT2D eigenvalue weighted by molar-refractivity contribution is 0.545. The number of hydrogen-bond donors (Lipinski definition) is 0. The second-order valence-electron chi connectivity index (χ2n) is 3.79. The van der Waals surface area contributed by atoms with E-state index in [0.29, 0.717) is 5.75 Å². The molecule has 0 unspecified atom stereocenters. The van der Waals surface area contributed by atoms with Crippen LogP contribution in [-0.4, -0.2) is 8.32 Å². The van der Waals surface area contributed by atoms with Gasteiger partial charge in [0.2, 0.25) is 8.32 Å². The molecule has 0 saturated heterocycles. The molecule has 0 N–H and O–H groups in total. The maximum atomic E-state index is 13.0. The second kappa shape index (κ2) is 3.68. The highest BCUT2D eigenvalue weighted by atomic mass is 35.5. The van der Waals surface area contributed by atoms with E-state index in [1.807, 2.05) is 19.6 Å². The molecule has 1 nitrogen and oxygen atoms in total. The maximum absolute atomic E-state index is 13.0. The van der Waals surface area contributed by atoms with Crippen LogP contribution in [0.4, 0.5) is 4.39 Å². The zero-order valence-electron chi connectivity index (χ0n) is 7.90. The molecule has 0 heterocycles. The van der Waals surface area contributed by atoms with Crippen molar-refractivity contribution in [1.82, 2.24) is 0 Å². The van der Waals surface area contributed by atoms with Crippen LogP contribution in [0.15, 0.2) is 18.2 Å². The van der Waals surface area contributed by atoms with E-state index in [9.17, 15) is 4.39 Å². The van der Waals surface area contributed by atoms with Crippen molar-refractivity contribution in [2.24, 2.45) is 0 Å². The van der Waals surface area contributed by atoms with Crippen molar-refractivity contribution in [2.75, 3.05) is 0 Å². The lowest BCUT2D eigenvalue weighted by atomic mass is 10.3. The molecule has 0 spiro atoms. The van der Waals surface area contributed by atoms with Crippen molar-refractivity contribution in [3.8, 4) is 5.75 Å². The fourth-order valence-corrected chi connectivity index (χ4v) is 1.85. The summed E-state index contributed by atoms with van der Waals surface area (Å²) < 4.78 is 18.5. The van der Waals surface area contributed by atoms with Crippen LogP contribution < -0.4 is 4.43 Å². The average molecular weight is 219 g/mol. The molecule has 0 aromatic heterocycles. The predicted molar refractivity (Wildman–Crippen MR) is 55.4 cm³/mol. The average Bonchev–Trinajstić information content (AvgIpc) is 1.94. The Kier molecular flexibility index (Phi) is 2.98. The van der Waals surface area contributed by atoms with E-state index in [0.717, 1.165) is 0 Å². The van der Waals surface area contributed by atoms with Gasteiger partial charge in [0.25, 0.3) is 0 Å². The first-order chi connectivity index (χ1) is 5.88. The molecule has 0 aliphatic carbocycles. The summed E-state index contributed by atoms with van der Waals surface area (Å²) >= 11 is 5.53. The van der Waals surface area contributed by atoms with E-state index in [-0.39, 0.29) is 5.02 Å². The van der Waals surface area contributed by atoms with Crippen LogP contribution >= 0.6 is 11.6 Å². The van der Waals surface area contributed by atoms with Crippen molar-refractivity contribution in [3.63, 3.8) is 0 Å². The van der Waals surface area contributed by atoms with Gasteiger partial charge in [-0.05, 0) is 31.8 Å². The number of hydrogen-bond acceptors (Lipinski definition) is 1. The van der Waals surface area contributed by atoms with Crippen molar-refractivity contribution in [1.29, 1.82) is 0 Å². The first-order valence-electron chi connectivity index (χ1n) is 4.02. The number of halogens is 2. The predicted octanol–water partition coefficient (Wildman–Crippen LogP) is 3.69. The molecule has 0 bridgehead atoms. The third-order valence-electron chi connectivity index (χ3n) is 1.32. The summed E-state index contributed by atoms with van der Waals surface area (Å²) in [4.78, 5) is 0. The molecule has 0 aliphatic rings. The van der Waals surface area contributed by atoms with Crippen LogP contribution in [-0.2, 0) is 0 Å². The van der Waals surface area contributed by atoms with E-state index < -0.39 is 14.1 Å². The topological polar surface area (TPSA) is 9.23 Å². The normalized spacial score (nSPS) is 11.5. The van der Waals surface area contributed by atoms with Crippen molar-refractivity contribution in [3.05, 3.63) is 29.0 Å². The molecular weight excluding hydrogens is 207 g/mol. The van der Waals surface area contributed by atoms with Crippen LogP contribution in [0.3, 0.4) is 0 Å². The Morgan fingerprint density at radius 2 is 1.92 bits per heavy atom. The highest BCUT2D eigenvalue weighted by molar-refractivity contribution is 6.70. The lowest BCUT2D eigenvalue weighted by Crippen LogP contribution is -2.29. The minimum atomic E-state index is -1.65. The van der Waals surface area contributed by atoms with Gasteiger partial charge in [-0.1, -0.05) is 11.6 Å². The Morgan fingerprint density at radius 1 is 1.31 bits per heavy atom. The van der Waals surface area contributed by atoms with E-state index in [1.165, 1.54) is 12.1 Å². The van der Waals surface area contributed by atoms with Crippen LogP contribution in [0.5, 0.6) is 5.75 Å². The highest BCUT2D eigenvalue weighted by Gasteiger charge is 2.16. The summed E-state index contributed by atoms with van der Waals surface area (Å²) in [6.45, 7) is 6.12. The Morgan fingerprint density at radius 3 is 2.38 bits per heavy atom. The monoisotopic (exact) mass is 218 g/mol. The lowest BCUT2D eigenvalue weighted by Gasteiger charge is -2.19. The van der Waals surface area contributed by atoms with Crippen molar-refractivity contribution < 1.29 is 8.82 Å². The Bertz CT molecular complexity index is 309. The van der Waals surface area contributed by atoms with Gasteiger partial charge in [-0.15, -0.1) is 0 Å². The Balaban J connectivity index is 2.86. The van der Waals surface area contributed by atoms with E-state index >= 15 is 0 Å². The summed E-state index contributed by atoms with van der Waals surface area (Å²) in [6, 6.07) is 4.51. The highest BCUT2D eigenvalue weighted by Crippen LogP contribution is 2.22. The molecule has 0 saturated carbocycles. The summed E-state index contributed by atoms with van der Waals surface area (Å²) in [7, 11) is -1.65. The second-order valence-corrected chi connectivity index (χ2v) is 8.63. The van der Waals surface area contributed by atoms with Gasteiger partial charge < -0.3 is 4.43 Å². The molecule has 1 rings (SSSR count). The summed E-state index contributed by atoms with van der Waals surface area (Å²) in [5.41, 5.74) is 0. The minimum Gasteiger partial charge on any atom is -0.544 e. The molecule has 0 atom stereocenters. The van der Waals surface area contributed by atoms with E-state index in [4.69, 9.17) is 16.0 Å². The third kappa shape index (κ3) is 3.36. The van der Waals surface area contributed by atoms with Crippen molar-refractivity contribution in [2.45, 2.75) is 19.6 Å². The van der Waals surface area contributed by atoms with E-state index in [1.54, 1.807) is 6.07 Å². The molecule has 0 amide bonds. The first kappa shape index (κ1) is 10.5. The zero-order valence-corrected chi connectivity index (χ0v) is 9.65. The Labute approximate surface area is 83.6 Å². The maximum Gasteiger partial charge on any atom is 0.242 e. The Hall–Kier alpha value is -0.543. The summed E-state index contributed by atoms with van der Waals surface area (Å²) in [5.74, 6) is 0.124. The molecule has 1 aromatic carbocycles. The fraction of sp³-hybridized carbons (Fsp3) is 0.333. The van der Waals surface area contributed by atoms with Gasteiger partial charge in [-0.2, -0.15) is 0 Å². The standard InChI is InChI=1S/C9H12ClFOSi/c1-13(2,3)12-7-4-5-8(10)9(11)6-7/h4-6H,1-3H3. The molecule has 4 heteroatoms. The van der Waals surface area contributed by atoms with Gasteiger partial charge in [-0.3, -0.25) is 0 Å². The molecule has 0 fully saturated rings. The van der Waals surface area contributed by atoms with E-state index in [2.05, 4.69) is 0 Å². The van der Waals surface area contributed by atoms with Crippen LogP contribution in [0, 0.1) is 5.82 Å². The molecule has 0 aliphatic heterocycles. The van der Waals surface area contributed by atoms with Gasteiger partial charge in [-0.25, -0.2) is 4.39 Å². The van der Waals surface area contributed by atoms with Gasteiger partial charge >= 0.3 is 0 Å². The zero-order chi connectivity index (χ0) is 10.1. The molecule has 72 valence electrons. The molecular formula is C9H12ClFOSi. The number of benzene rings is 1.